The Morgan fingerprint density at radius 3 is 1.85 bits per heavy atom. The van der Waals surface area contributed by atoms with Gasteiger partial charge in [-0.25, -0.2) is 22.0 Å². The Morgan fingerprint density at radius 1 is 0.800 bits per heavy atom. The van der Waals surface area contributed by atoms with Crippen LogP contribution >= 0.6 is 0 Å². The lowest BCUT2D eigenvalue weighted by atomic mass is 10.0. The van der Waals surface area contributed by atoms with Crippen LogP contribution in [0, 0.1) is 35.0 Å². The zero-order chi connectivity index (χ0) is 14.7. The maximum atomic E-state index is 13.3. The van der Waals surface area contributed by atoms with E-state index in [1.165, 1.54) is 12.8 Å². The molecule has 1 aliphatic carbocycles. The van der Waals surface area contributed by atoms with Gasteiger partial charge in [0.05, 0.1) is 0 Å². The molecule has 112 valence electrons. The van der Waals surface area contributed by atoms with Crippen LogP contribution in [-0.2, 0) is 0 Å². The molecule has 0 aliphatic heterocycles. The van der Waals surface area contributed by atoms with Gasteiger partial charge in [-0.3, -0.25) is 0 Å². The minimum Gasteiger partial charge on any atom is -0.380 e. The molecule has 2 rings (SSSR count). The van der Waals surface area contributed by atoms with Crippen LogP contribution in [0.4, 0.5) is 27.6 Å². The summed E-state index contributed by atoms with van der Waals surface area (Å²) < 4.78 is 65.4. The second-order valence-electron chi connectivity index (χ2n) is 5.16. The van der Waals surface area contributed by atoms with Crippen molar-refractivity contribution in [3.8, 4) is 0 Å². The van der Waals surface area contributed by atoms with Crippen molar-refractivity contribution in [2.24, 2.45) is 5.92 Å². The Balaban J connectivity index is 1.95. The van der Waals surface area contributed by atoms with Crippen molar-refractivity contribution in [1.82, 2.24) is 0 Å². The molecule has 1 aromatic rings. The third-order valence-electron chi connectivity index (χ3n) is 3.78. The Morgan fingerprint density at radius 2 is 1.30 bits per heavy atom. The average Bonchev–Trinajstić information content (AvgIpc) is 2.95. The van der Waals surface area contributed by atoms with Crippen LogP contribution < -0.4 is 5.32 Å². The molecule has 1 aromatic carbocycles. The predicted molar refractivity (Wildman–Crippen MR) is 65.9 cm³/mol. The van der Waals surface area contributed by atoms with Gasteiger partial charge in [0.15, 0.2) is 23.3 Å². The van der Waals surface area contributed by atoms with E-state index in [1.807, 2.05) is 0 Å². The van der Waals surface area contributed by atoms with Gasteiger partial charge < -0.3 is 5.32 Å². The molecule has 1 saturated carbocycles. The van der Waals surface area contributed by atoms with E-state index in [4.69, 9.17) is 0 Å². The standard InChI is InChI=1S/C14H16F5N/c15-9-10(16)12(18)14(13(19)11(9)17)20-7-3-6-8-4-1-2-5-8/h8,20H,1-7H2. The van der Waals surface area contributed by atoms with Crippen LogP contribution in [0.3, 0.4) is 0 Å². The Kier molecular flexibility index (Phi) is 4.83. The van der Waals surface area contributed by atoms with E-state index < -0.39 is 34.8 Å². The zero-order valence-electron chi connectivity index (χ0n) is 10.9. The number of nitrogens with one attached hydrogen (secondary N) is 1. The van der Waals surface area contributed by atoms with Crippen LogP contribution in [0.15, 0.2) is 0 Å². The Labute approximate surface area is 114 Å². The molecule has 0 unspecified atom stereocenters. The summed E-state index contributed by atoms with van der Waals surface area (Å²) in [7, 11) is 0. The fourth-order valence-electron chi connectivity index (χ4n) is 2.66. The molecule has 20 heavy (non-hydrogen) atoms. The summed E-state index contributed by atoms with van der Waals surface area (Å²) in [5.41, 5.74) is -0.937. The number of hydrogen-bond acceptors (Lipinski definition) is 1. The average molecular weight is 293 g/mol. The fourth-order valence-corrected chi connectivity index (χ4v) is 2.66. The fraction of sp³-hybridized carbons (Fsp3) is 0.571. The highest BCUT2D eigenvalue weighted by Gasteiger charge is 2.25. The first kappa shape index (κ1) is 15.1. The SMILES string of the molecule is Fc1c(F)c(F)c(NCCCC2CCCC2)c(F)c1F. The summed E-state index contributed by atoms with van der Waals surface area (Å²) in [6.45, 7) is 0.189. The van der Waals surface area contributed by atoms with Crippen LogP contribution in [0.5, 0.6) is 0 Å². The molecule has 1 N–H and O–H groups in total. The van der Waals surface area contributed by atoms with Crippen LogP contribution in [0.2, 0.25) is 0 Å². The van der Waals surface area contributed by atoms with Crippen molar-refractivity contribution < 1.29 is 22.0 Å². The maximum Gasteiger partial charge on any atom is 0.200 e. The van der Waals surface area contributed by atoms with Gasteiger partial charge in [-0.05, 0) is 18.8 Å². The number of rotatable bonds is 5. The maximum absolute atomic E-state index is 13.3. The normalized spacial score (nSPS) is 15.8. The molecule has 0 heterocycles. The molecule has 0 amide bonds. The largest absolute Gasteiger partial charge is 0.380 e. The molecule has 1 fully saturated rings. The molecule has 0 aromatic heterocycles. The van der Waals surface area contributed by atoms with Crippen molar-refractivity contribution in [2.45, 2.75) is 38.5 Å². The highest BCUT2D eigenvalue weighted by atomic mass is 19.2. The van der Waals surface area contributed by atoms with Gasteiger partial charge in [0.25, 0.3) is 0 Å². The van der Waals surface area contributed by atoms with Crippen molar-refractivity contribution >= 4 is 5.69 Å². The van der Waals surface area contributed by atoms with E-state index in [9.17, 15) is 22.0 Å². The monoisotopic (exact) mass is 293 g/mol. The lowest BCUT2D eigenvalue weighted by Gasteiger charge is -2.12. The zero-order valence-corrected chi connectivity index (χ0v) is 10.9. The number of halogens is 5. The minimum atomic E-state index is -2.13. The Hall–Kier alpha value is -1.33. The predicted octanol–water partition coefficient (Wildman–Crippen LogP) is 4.76. The van der Waals surface area contributed by atoms with E-state index >= 15 is 0 Å². The van der Waals surface area contributed by atoms with Crippen LogP contribution in [0.25, 0.3) is 0 Å². The van der Waals surface area contributed by atoms with E-state index in [-0.39, 0.29) is 6.54 Å². The summed E-state index contributed by atoms with van der Waals surface area (Å²) in [5.74, 6) is -8.95. The highest BCUT2D eigenvalue weighted by Crippen LogP contribution is 2.29. The molecule has 6 heteroatoms. The van der Waals surface area contributed by atoms with E-state index in [2.05, 4.69) is 5.32 Å². The topological polar surface area (TPSA) is 12.0 Å². The summed E-state index contributed by atoms with van der Waals surface area (Å²) in [6, 6.07) is 0. The number of anilines is 1. The van der Waals surface area contributed by atoms with Gasteiger partial charge in [-0.2, -0.15) is 0 Å². The molecule has 0 bridgehead atoms. The van der Waals surface area contributed by atoms with Gasteiger partial charge in [0.1, 0.15) is 5.69 Å². The summed E-state index contributed by atoms with van der Waals surface area (Å²) >= 11 is 0. The second-order valence-corrected chi connectivity index (χ2v) is 5.16. The van der Waals surface area contributed by atoms with Gasteiger partial charge in [0, 0.05) is 6.54 Å². The van der Waals surface area contributed by atoms with Crippen LogP contribution in [0.1, 0.15) is 38.5 Å². The third-order valence-corrected chi connectivity index (χ3v) is 3.78. The molecule has 0 radical (unpaired) electrons. The molecular weight excluding hydrogens is 277 g/mol. The van der Waals surface area contributed by atoms with Gasteiger partial charge in [-0.15, -0.1) is 0 Å². The van der Waals surface area contributed by atoms with Crippen molar-refractivity contribution in [3.63, 3.8) is 0 Å². The first-order chi connectivity index (χ1) is 9.52. The summed E-state index contributed by atoms with van der Waals surface area (Å²) in [6.07, 6.45) is 6.27. The van der Waals surface area contributed by atoms with Crippen molar-refractivity contribution in [2.75, 3.05) is 11.9 Å². The lowest BCUT2D eigenvalue weighted by Crippen LogP contribution is -2.11. The molecule has 0 spiro atoms. The third kappa shape index (κ3) is 3.04. The lowest BCUT2D eigenvalue weighted by molar-refractivity contribution is 0.381. The molecular formula is C14H16F5N. The second kappa shape index (κ2) is 6.41. The molecule has 1 aliphatic rings. The van der Waals surface area contributed by atoms with Crippen LogP contribution in [-0.4, -0.2) is 6.54 Å². The Bertz CT molecular complexity index is 454. The smallest absolute Gasteiger partial charge is 0.200 e. The summed E-state index contributed by atoms with van der Waals surface area (Å²) in [4.78, 5) is 0. The van der Waals surface area contributed by atoms with E-state index in [0.29, 0.717) is 12.3 Å². The molecule has 0 saturated heterocycles. The van der Waals surface area contributed by atoms with E-state index in [0.717, 1.165) is 19.3 Å². The molecule has 1 nitrogen and oxygen atoms in total. The quantitative estimate of drug-likeness (QED) is 0.357. The van der Waals surface area contributed by atoms with E-state index in [1.54, 1.807) is 0 Å². The number of hydrogen-bond donors (Lipinski definition) is 1. The van der Waals surface area contributed by atoms with Gasteiger partial charge in [-0.1, -0.05) is 25.7 Å². The number of benzene rings is 1. The first-order valence-corrected chi connectivity index (χ1v) is 6.77. The first-order valence-electron chi connectivity index (χ1n) is 6.77. The summed E-state index contributed by atoms with van der Waals surface area (Å²) in [5, 5.41) is 2.32. The van der Waals surface area contributed by atoms with Crippen molar-refractivity contribution in [1.29, 1.82) is 0 Å². The molecule has 0 atom stereocenters. The highest BCUT2D eigenvalue weighted by molar-refractivity contribution is 5.47. The van der Waals surface area contributed by atoms with Crippen molar-refractivity contribution in [3.05, 3.63) is 29.1 Å². The van der Waals surface area contributed by atoms with Gasteiger partial charge >= 0.3 is 0 Å². The minimum absolute atomic E-state index is 0.189. The van der Waals surface area contributed by atoms with Gasteiger partial charge in [0.2, 0.25) is 5.82 Å².